The summed E-state index contributed by atoms with van der Waals surface area (Å²) in [7, 11) is 5.57. The molecule has 2 aromatic carbocycles. The molecule has 0 amide bonds. The first-order valence-corrected chi connectivity index (χ1v) is 12.2. The second-order valence-corrected chi connectivity index (χ2v) is 10.3. The molecule has 5 rings (SSSR count). The number of benzene rings is 2. The van der Waals surface area contributed by atoms with Gasteiger partial charge in [-0.25, -0.2) is 0 Å². The number of methoxy groups -OCH3 is 1. The summed E-state index contributed by atoms with van der Waals surface area (Å²) >= 11 is 3.53. The Morgan fingerprint density at radius 3 is 2.44 bits per heavy atom. The Morgan fingerprint density at radius 2 is 1.79 bits per heavy atom. The fourth-order valence-corrected chi connectivity index (χ4v) is 6.22. The molecule has 1 saturated carbocycles. The van der Waals surface area contributed by atoms with Crippen molar-refractivity contribution in [2.75, 3.05) is 27.7 Å². The number of aliphatic hydroxyl groups excluding tert-OH is 1. The molecule has 2 aliphatic rings. The van der Waals surface area contributed by atoms with E-state index in [9.17, 15) is 10.2 Å². The highest BCUT2D eigenvalue weighted by molar-refractivity contribution is 9.10. The molecule has 0 radical (unpaired) electrons. The monoisotopic (exact) mass is 524 g/mol. The van der Waals surface area contributed by atoms with Gasteiger partial charge in [-0.05, 0) is 50.3 Å². The first-order chi connectivity index (χ1) is 16.3. The summed E-state index contributed by atoms with van der Waals surface area (Å²) in [4.78, 5) is 6.36. The van der Waals surface area contributed by atoms with Gasteiger partial charge in [0.1, 0.15) is 11.5 Å². The van der Waals surface area contributed by atoms with Crippen LogP contribution in [0.1, 0.15) is 29.0 Å². The normalized spacial score (nSPS) is 29.6. The van der Waals surface area contributed by atoms with Crippen LogP contribution >= 0.6 is 15.9 Å². The molecular formula is C27H29BrN2O4. The van der Waals surface area contributed by atoms with Crippen molar-refractivity contribution >= 4 is 15.9 Å². The summed E-state index contributed by atoms with van der Waals surface area (Å²) in [6, 6.07) is 17.8. The summed E-state index contributed by atoms with van der Waals surface area (Å²) in [5, 5.41) is 24.7. The Labute approximate surface area is 208 Å². The highest BCUT2D eigenvalue weighted by Gasteiger charge is 2.76. The molecule has 1 aromatic heterocycles. The largest absolute Gasteiger partial charge is 0.495 e. The van der Waals surface area contributed by atoms with Crippen molar-refractivity contribution in [3.63, 3.8) is 0 Å². The number of hydrogen-bond acceptors (Lipinski definition) is 6. The minimum absolute atomic E-state index is 0.274. The lowest BCUT2D eigenvalue weighted by molar-refractivity contribution is -0.152. The third-order valence-electron chi connectivity index (χ3n) is 7.36. The average molecular weight is 525 g/mol. The zero-order chi connectivity index (χ0) is 24.1. The van der Waals surface area contributed by atoms with Gasteiger partial charge in [0.15, 0.2) is 11.2 Å². The number of nitrogens with zero attached hydrogens (tertiary/aromatic N) is 2. The van der Waals surface area contributed by atoms with Gasteiger partial charge < -0.3 is 24.6 Å². The number of aromatic nitrogens is 1. The van der Waals surface area contributed by atoms with Crippen molar-refractivity contribution in [3.8, 4) is 11.5 Å². The van der Waals surface area contributed by atoms with Crippen LogP contribution < -0.4 is 9.47 Å². The number of hydrogen-bond donors (Lipinski definition) is 2. The van der Waals surface area contributed by atoms with E-state index in [4.69, 9.17) is 9.47 Å². The van der Waals surface area contributed by atoms with E-state index in [0.29, 0.717) is 23.5 Å². The summed E-state index contributed by atoms with van der Waals surface area (Å²) < 4.78 is 13.3. The van der Waals surface area contributed by atoms with Gasteiger partial charge in [-0.1, -0.05) is 58.4 Å². The van der Waals surface area contributed by atoms with Gasteiger partial charge in [0.05, 0.1) is 31.2 Å². The van der Waals surface area contributed by atoms with Gasteiger partial charge >= 0.3 is 0 Å². The zero-order valence-corrected chi connectivity index (χ0v) is 21.1. The average Bonchev–Trinajstić information content (AvgIpc) is 3.21. The molecule has 0 saturated heterocycles. The summed E-state index contributed by atoms with van der Waals surface area (Å²) in [5.41, 5.74) is -0.777. The van der Waals surface area contributed by atoms with Crippen molar-refractivity contribution in [3.05, 3.63) is 88.2 Å². The summed E-state index contributed by atoms with van der Waals surface area (Å²) in [5.74, 6) is 0.227. The molecule has 5 atom stereocenters. The van der Waals surface area contributed by atoms with E-state index in [1.807, 2.05) is 68.7 Å². The highest BCUT2D eigenvalue weighted by atomic mass is 79.9. The summed E-state index contributed by atoms with van der Waals surface area (Å²) in [6.45, 7) is 0.762. The second kappa shape index (κ2) is 8.64. The maximum absolute atomic E-state index is 12.7. The predicted molar refractivity (Wildman–Crippen MR) is 133 cm³/mol. The Morgan fingerprint density at radius 1 is 1.09 bits per heavy atom. The fraction of sp³-hybridized carbons (Fsp3) is 0.370. The molecule has 178 valence electrons. The molecule has 0 unspecified atom stereocenters. The Bertz CT molecular complexity index is 1170. The number of rotatable bonds is 6. The van der Waals surface area contributed by atoms with Crippen molar-refractivity contribution in [1.29, 1.82) is 0 Å². The van der Waals surface area contributed by atoms with Crippen LogP contribution in [0.25, 0.3) is 0 Å². The highest BCUT2D eigenvalue weighted by Crippen LogP contribution is 2.70. The standard InChI is InChI=1S/C27H29BrN2O4/c1-30(2)14-13-20-23(17-7-5-4-6-8-17)27(18-9-11-19(28)12-10-18)26(32,25(20)31)24-21(33-3)15-29-16-22(24)34-27/h4-12,15-16,20,23,25,31-32H,13-14H2,1-3H3/t20-,23-,25-,26+,27+/m1/s1. The minimum Gasteiger partial charge on any atom is -0.495 e. The number of pyridine rings is 1. The van der Waals surface area contributed by atoms with E-state index in [1.54, 1.807) is 19.5 Å². The third-order valence-corrected chi connectivity index (χ3v) is 7.88. The molecule has 1 fully saturated rings. The number of fused-ring (bicyclic) bond motifs is 3. The minimum atomic E-state index is -1.75. The van der Waals surface area contributed by atoms with Gasteiger partial charge in [0, 0.05) is 16.3 Å². The van der Waals surface area contributed by atoms with E-state index in [1.165, 1.54) is 0 Å². The summed E-state index contributed by atoms with van der Waals surface area (Å²) in [6.07, 6.45) is 2.74. The van der Waals surface area contributed by atoms with Gasteiger partial charge in [-0.3, -0.25) is 4.98 Å². The lowest BCUT2D eigenvalue weighted by Crippen LogP contribution is -2.52. The Kier molecular flexibility index (Phi) is 5.92. The van der Waals surface area contributed by atoms with E-state index < -0.39 is 17.3 Å². The first-order valence-electron chi connectivity index (χ1n) is 11.4. The number of aliphatic hydroxyl groups is 2. The first kappa shape index (κ1) is 23.3. The Hall–Kier alpha value is -2.45. The molecule has 34 heavy (non-hydrogen) atoms. The Balaban J connectivity index is 1.82. The van der Waals surface area contributed by atoms with Gasteiger partial charge in [-0.2, -0.15) is 0 Å². The van der Waals surface area contributed by atoms with Crippen LogP contribution in [0, 0.1) is 5.92 Å². The van der Waals surface area contributed by atoms with Crippen LogP contribution in [0.3, 0.4) is 0 Å². The molecule has 2 heterocycles. The lowest BCUT2D eigenvalue weighted by Gasteiger charge is -2.41. The lowest BCUT2D eigenvalue weighted by atomic mass is 9.70. The van der Waals surface area contributed by atoms with E-state index >= 15 is 0 Å². The molecule has 3 aromatic rings. The SMILES string of the molecule is COc1cncc2c1[C@]1(O)[C@H](O)[C@H](CCN(C)C)[C@@H](c3ccccc3)[C@]1(c1ccc(Br)cc1)O2. The molecule has 1 aliphatic carbocycles. The van der Waals surface area contributed by atoms with Crippen molar-refractivity contribution in [2.24, 2.45) is 5.92 Å². The maximum atomic E-state index is 12.7. The van der Waals surface area contributed by atoms with Gasteiger partial charge in [0.25, 0.3) is 0 Å². The topological polar surface area (TPSA) is 75.0 Å². The number of halogens is 1. The molecule has 6 nitrogen and oxygen atoms in total. The third kappa shape index (κ3) is 3.22. The van der Waals surface area contributed by atoms with Crippen LogP contribution in [0.4, 0.5) is 0 Å². The van der Waals surface area contributed by atoms with Crippen LogP contribution in [-0.2, 0) is 11.2 Å². The quantitative estimate of drug-likeness (QED) is 0.506. The number of ether oxygens (including phenoxy) is 2. The maximum Gasteiger partial charge on any atom is 0.177 e. The molecule has 7 heteroatoms. The van der Waals surface area contributed by atoms with Crippen LogP contribution in [-0.4, -0.2) is 54.0 Å². The molecule has 1 aliphatic heterocycles. The molecule has 2 N–H and O–H groups in total. The van der Waals surface area contributed by atoms with Gasteiger partial charge in [0.2, 0.25) is 0 Å². The van der Waals surface area contributed by atoms with Crippen LogP contribution in [0.2, 0.25) is 0 Å². The van der Waals surface area contributed by atoms with E-state index in [-0.39, 0.29) is 11.8 Å². The van der Waals surface area contributed by atoms with E-state index in [0.717, 1.165) is 22.1 Å². The van der Waals surface area contributed by atoms with Crippen LogP contribution in [0.5, 0.6) is 11.5 Å². The smallest absolute Gasteiger partial charge is 0.177 e. The second-order valence-electron chi connectivity index (χ2n) is 9.41. The van der Waals surface area contributed by atoms with Crippen molar-refractivity contribution in [1.82, 2.24) is 9.88 Å². The van der Waals surface area contributed by atoms with Crippen molar-refractivity contribution in [2.45, 2.75) is 29.6 Å². The molecular weight excluding hydrogens is 496 g/mol. The fourth-order valence-electron chi connectivity index (χ4n) is 5.96. The molecule has 0 spiro atoms. The van der Waals surface area contributed by atoms with Crippen molar-refractivity contribution < 1.29 is 19.7 Å². The van der Waals surface area contributed by atoms with Crippen LogP contribution in [0.15, 0.2) is 71.5 Å². The zero-order valence-electron chi connectivity index (χ0n) is 19.5. The molecule has 0 bridgehead atoms. The predicted octanol–water partition coefficient (Wildman–Crippen LogP) is 4.05. The van der Waals surface area contributed by atoms with E-state index in [2.05, 4.69) is 25.8 Å². The van der Waals surface area contributed by atoms with Gasteiger partial charge in [-0.15, -0.1) is 0 Å².